The topological polar surface area (TPSA) is 101 Å². The molecular weight excluding hydrogens is 516 g/mol. The number of benzene rings is 2. The molecule has 5 rings (SSSR count). The molecule has 3 heterocycles. The molecule has 0 saturated carbocycles. The Balaban J connectivity index is 1.27. The van der Waals surface area contributed by atoms with Crippen LogP contribution >= 0.6 is 34.5 Å². The fourth-order valence-corrected chi connectivity index (χ4v) is 6.94. The second-order valence-corrected chi connectivity index (χ2v) is 11.7. The van der Waals surface area contributed by atoms with E-state index < -0.39 is 15.6 Å². The molecule has 2 aromatic heterocycles. The third-order valence-electron chi connectivity index (χ3n) is 5.69. The quantitative estimate of drug-likeness (QED) is 0.389. The summed E-state index contributed by atoms with van der Waals surface area (Å²) in [4.78, 5) is 19.7. The molecule has 1 fully saturated rings. The molecule has 0 bridgehead atoms. The van der Waals surface area contributed by atoms with Crippen LogP contribution in [0.15, 0.2) is 59.1 Å². The summed E-state index contributed by atoms with van der Waals surface area (Å²) < 4.78 is 39.3. The second-order valence-electron chi connectivity index (χ2n) is 7.96. The van der Waals surface area contributed by atoms with Gasteiger partial charge in [-0.1, -0.05) is 17.7 Å². The van der Waals surface area contributed by atoms with Crippen molar-refractivity contribution in [3.05, 3.63) is 69.6 Å². The molecule has 0 radical (unpaired) electrons. The van der Waals surface area contributed by atoms with Gasteiger partial charge in [-0.3, -0.25) is 9.52 Å². The summed E-state index contributed by atoms with van der Waals surface area (Å²) in [5.41, 5.74) is 2.25. The van der Waals surface area contributed by atoms with Crippen molar-refractivity contribution in [2.24, 2.45) is 0 Å². The van der Waals surface area contributed by atoms with Gasteiger partial charge in [0.05, 0.1) is 26.3 Å². The lowest BCUT2D eigenvalue weighted by Crippen LogP contribution is -2.45. The molecule has 0 aliphatic carbocycles. The minimum Gasteiger partial charge on any atom is -0.349 e. The van der Waals surface area contributed by atoms with Crippen LogP contribution in [0.4, 0.5) is 5.69 Å². The van der Waals surface area contributed by atoms with Gasteiger partial charge in [0.15, 0.2) is 0 Å². The number of carbonyl (C=O) groups is 1. The Morgan fingerprint density at radius 2 is 2.03 bits per heavy atom. The van der Waals surface area contributed by atoms with Gasteiger partial charge in [0.1, 0.15) is 22.7 Å². The van der Waals surface area contributed by atoms with Crippen molar-refractivity contribution in [1.29, 1.82) is 0 Å². The molecule has 1 amide bonds. The van der Waals surface area contributed by atoms with E-state index in [4.69, 9.17) is 16.3 Å². The molecule has 176 valence electrons. The van der Waals surface area contributed by atoms with E-state index in [1.807, 2.05) is 13.0 Å². The van der Waals surface area contributed by atoms with E-state index in [1.165, 1.54) is 28.9 Å². The number of para-hydroxylation sites is 1. The Labute approximate surface area is 209 Å². The molecule has 1 atom stereocenters. The standard InChI is InChI=1S/C22H19ClN4O4S3/c1-22(20-16(23)11-25-33-20)9-10-27(13-31-22)21(28)14-5-7-15(8-6-14)26-34(29,30)18-4-2-3-17-19(18)24-12-32-17/h2-8,11-12,26H,9-10,13H2,1H3. The maximum atomic E-state index is 13.0. The lowest BCUT2D eigenvalue weighted by atomic mass is 9.98. The van der Waals surface area contributed by atoms with Crippen molar-refractivity contribution in [1.82, 2.24) is 14.3 Å². The molecule has 1 aliphatic rings. The molecule has 1 aliphatic heterocycles. The number of thiazole rings is 1. The number of anilines is 1. The van der Waals surface area contributed by atoms with Crippen LogP contribution in [0.1, 0.15) is 28.6 Å². The highest BCUT2D eigenvalue weighted by Gasteiger charge is 2.37. The number of nitrogens with one attached hydrogen (secondary N) is 1. The molecule has 0 spiro atoms. The number of amides is 1. The third kappa shape index (κ3) is 4.29. The van der Waals surface area contributed by atoms with E-state index in [0.29, 0.717) is 34.8 Å². The summed E-state index contributed by atoms with van der Waals surface area (Å²) in [6.45, 7) is 2.56. The zero-order valence-corrected chi connectivity index (χ0v) is 21.1. The lowest BCUT2D eigenvalue weighted by Gasteiger charge is -2.39. The van der Waals surface area contributed by atoms with Gasteiger partial charge < -0.3 is 9.64 Å². The number of nitrogens with zero attached hydrogens (tertiary/aromatic N) is 3. The Hall–Kier alpha value is -2.57. The van der Waals surface area contributed by atoms with Gasteiger partial charge in [0.25, 0.3) is 15.9 Å². The van der Waals surface area contributed by atoms with Crippen molar-refractivity contribution >= 4 is 66.3 Å². The Kier molecular flexibility index (Phi) is 6.07. The predicted octanol–water partition coefficient (Wildman–Crippen LogP) is 4.94. The SMILES string of the molecule is CC1(c2sncc2Cl)CCN(C(=O)c2ccc(NS(=O)(=O)c3cccc4scnc34)cc2)CO1. The van der Waals surface area contributed by atoms with Gasteiger partial charge in [-0.25, -0.2) is 13.4 Å². The lowest BCUT2D eigenvalue weighted by molar-refractivity contribution is -0.118. The first kappa shape index (κ1) is 23.2. The molecule has 1 N–H and O–H groups in total. The molecule has 1 unspecified atom stereocenters. The summed E-state index contributed by atoms with van der Waals surface area (Å²) in [7, 11) is -3.84. The van der Waals surface area contributed by atoms with Gasteiger partial charge in [0.2, 0.25) is 0 Å². The van der Waals surface area contributed by atoms with Gasteiger partial charge in [-0.05, 0) is 61.3 Å². The fraction of sp³-hybridized carbons (Fsp3) is 0.227. The van der Waals surface area contributed by atoms with E-state index in [1.54, 1.807) is 46.9 Å². The van der Waals surface area contributed by atoms with Crippen LogP contribution in [0, 0.1) is 0 Å². The Bertz CT molecular complexity index is 1460. The van der Waals surface area contributed by atoms with E-state index in [2.05, 4.69) is 14.1 Å². The number of halogens is 1. The average molecular weight is 535 g/mol. The number of ether oxygens (including phenoxy) is 1. The first-order valence-electron chi connectivity index (χ1n) is 10.3. The predicted molar refractivity (Wildman–Crippen MR) is 133 cm³/mol. The summed E-state index contributed by atoms with van der Waals surface area (Å²) in [5.74, 6) is -0.195. The molecule has 1 saturated heterocycles. The van der Waals surface area contributed by atoms with E-state index in [0.717, 1.165) is 9.58 Å². The zero-order chi connectivity index (χ0) is 23.9. The average Bonchev–Trinajstić information content (AvgIpc) is 3.48. The maximum Gasteiger partial charge on any atom is 0.264 e. The summed E-state index contributed by atoms with van der Waals surface area (Å²) in [6.07, 6.45) is 2.18. The van der Waals surface area contributed by atoms with Crippen LogP contribution in [0.25, 0.3) is 10.2 Å². The minimum absolute atomic E-state index is 0.112. The highest BCUT2D eigenvalue weighted by Crippen LogP contribution is 2.39. The van der Waals surface area contributed by atoms with Crippen molar-refractivity contribution in [2.45, 2.75) is 23.8 Å². The van der Waals surface area contributed by atoms with Crippen LogP contribution in [0.5, 0.6) is 0 Å². The van der Waals surface area contributed by atoms with Crippen molar-refractivity contribution in [3.8, 4) is 0 Å². The van der Waals surface area contributed by atoms with E-state index in [-0.39, 0.29) is 17.5 Å². The second kappa shape index (κ2) is 8.90. The molecule has 4 aromatic rings. The Morgan fingerprint density at radius 1 is 1.24 bits per heavy atom. The number of rotatable bonds is 5. The van der Waals surface area contributed by atoms with Crippen LogP contribution in [-0.2, 0) is 20.4 Å². The molecular formula is C22H19ClN4O4S3. The first-order valence-corrected chi connectivity index (χ1v) is 13.8. The normalized spacial score (nSPS) is 18.8. The van der Waals surface area contributed by atoms with Crippen molar-refractivity contribution < 1.29 is 17.9 Å². The van der Waals surface area contributed by atoms with E-state index >= 15 is 0 Å². The third-order valence-corrected chi connectivity index (χ3v) is 9.34. The number of fused-ring (bicyclic) bond motifs is 1. The molecule has 12 heteroatoms. The van der Waals surface area contributed by atoms with E-state index in [9.17, 15) is 13.2 Å². The minimum atomic E-state index is -3.84. The molecule has 2 aromatic carbocycles. The first-order chi connectivity index (χ1) is 16.3. The summed E-state index contributed by atoms with van der Waals surface area (Å²) >= 11 is 8.89. The summed E-state index contributed by atoms with van der Waals surface area (Å²) in [5, 5.41) is 0.566. The van der Waals surface area contributed by atoms with Crippen LogP contribution < -0.4 is 4.72 Å². The number of hydrogen-bond donors (Lipinski definition) is 1. The van der Waals surface area contributed by atoms with Crippen molar-refractivity contribution in [2.75, 3.05) is 18.0 Å². The molecule has 8 nitrogen and oxygen atoms in total. The monoisotopic (exact) mass is 534 g/mol. The zero-order valence-electron chi connectivity index (χ0n) is 17.9. The smallest absolute Gasteiger partial charge is 0.264 e. The van der Waals surface area contributed by atoms with Gasteiger partial charge >= 0.3 is 0 Å². The largest absolute Gasteiger partial charge is 0.349 e. The Morgan fingerprint density at radius 3 is 2.71 bits per heavy atom. The van der Waals surface area contributed by atoms with Gasteiger partial charge in [-0.15, -0.1) is 11.3 Å². The van der Waals surface area contributed by atoms with Crippen molar-refractivity contribution in [3.63, 3.8) is 0 Å². The summed E-state index contributed by atoms with van der Waals surface area (Å²) in [6, 6.07) is 11.4. The maximum absolute atomic E-state index is 13.0. The van der Waals surface area contributed by atoms with Gasteiger partial charge in [-0.2, -0.15) is 4.37 Å². The highest BCUT2D eigenvalue weighted by molar-refractivity contribution is 7.93. The van der Waals surface area contributed by atoms with Crippen LogP contribution in [0.2, 0.25) is 5.02 Å². The fourth-order valence-electron chi connectivity index (χ4n) is 3.77. The van der Waals surface area contributed by atoms with Crippen LogP contribution in [-0.4, -0.2) is 41.9 Å². The number of aromatic nitrogens is 2. The number of carbonyl (C=O) groups excluding carboxylic acids is 1. The molecule has 34 heavy (non-hydrogen) atoms. The van der Waals surface area contributed by atoms with Crippen LogP contribution in [0.3, 0.4) is 0 Å². The highest BCUT2D eigenvalue weighted by atomic mass is 35.5. The van der Waals surface area contributed by atoms with Gasteiger partial charge in [0, 0.05) is 17.8 Å². The number of hydrogen-bond acceptors (Lipinski definition) is 8. The number of sulfonamides is 1.